The van der Waals surface area contributed by atoms with E-state index in [9.17, 15) is 21.6 Å². The molecule has 0 bridgehead atoms. The van der Waals surface area contributed by atoms with Crippen LogP contribution in [-0.4, -0.2) is 25.8 Å². The van der Waals surface area contributed by atoms with E-state index in [0.717, 1.165) is 10.9 Å². The van der Waals surface area contributed by atoms with E-state index >= 15 is 0 Å². The zero-order chi connectivity index (χ0) is 16.1. The van der Waals surface area contributed by atoms with Gasteiger partial charge in [-0.05, 0) is 21.9 Å². The number of hydrogen-bond acceptors (Lipinski definition) is 5. The quantitative estimate of drug-likeness (QED) is 0.800. The lowest BCUT2D eigenvalue weighted by molar-refractivity contribution is 0.270. The Kier molecular flexibility index (Phi) is 3.20. The van der Waals surface area contributed by atoms with Crippen molar-refractivity contribution in [2.24, 2.45) is 0 Å². The van der Waals surface area contributed by atoms with Crippen LogP contribution in [0.1, 0.15) is 16.4 Å². The van der Waals surface area contributed by atoms with Crippen LogP contribution in [0.2, 0.25) is 0 Å². The van der Waals surface area contributed by atoms with E-state index in [1.165, 1.54) is 18.2 Å². The number of sulfone groups is 1. The van der Waals surface area contributed by atoms with Gasteiger partial charge >= 0.3 is 14.6 Å². The van der Waals surface area contributed by atoms with Crippen molar-refractivity contribution in [2.45, 2.75) is 5.25 Å². The Bertz CT molecular complexity index is 1030. The monoisotopic (exact) mass is 338 g/mol. The normalized spacial score (nSPS) is 17.6. The predicted octanol–water partition coefficient (Wildman–Crippen LogP) is 2.33. The summed E-state index contributed by atoms with van der Waals surface area (Å²) in [7, 11) is -10.1. The SMILES string of the molecule is O=C(S(=O)(=O)O)S(=O)(=O)C1C=Cc2cccc3cccc1c23. The standard InChI is InChI=1S/C14H10O6S2/c15-14(22(18,19)20)21(16,17)12-8-7-10-4-1-3-9-5-2-6-11(12)13(9)10/h1-8,12H,(H,18,19,20). The molecule has 0 radical (unpaired) electrons. The van der Waals surface area contributed by atoms with E-state index in [0.29, 0.717) is 10.9 Å². The van der Waals surface area contributed by atoms with Crippen LogP contribution in [-0.2, 0) is 20.0 Å². The molecular weight excluding hydrogens is 328 g/mol. The number of benzene rings is 2. The van der Waals surface area contributed by atoms with Gasteiger partial charge in [0.05, 0.1) is 0 Å². The van der Waals surface area contributed by atoms with Crippen LogP contribution >= 0.6 is 0 Å². The predicted molar refractivity (Wildman–Crippen MR) is 81.6 cm³/mol. The van der Waals surface area contributed by atoms with Crippen LogP contribution in [0.5, 0.6) is 0 Å². The van der Waals surface area contributed by atoms with Gasteiger partial charge in [-0.25, -0.2) is 8.42 Å². The summed E-state index contributed by atoms with van der Waals surface area (Å²) < 4.78 is 52.9. The average Bonchev–Trinajstić information content (AvgIpc) is 2.46. The Morgan fingerprint density at radius 1 is 1.00 bits per heavy atom. The zero-order valence-corrected chi connectivity index (χ0v) is 12.6. The van der Waals surface area contributed by atoms with Crippen molar-refractivity contribution in [3.05, 3.63) is 53.6 Å². The molecule has 6 nitrogen and oxygen atoms in total. The van der Waals surface area contributed by atoms with Gasteiger partial charge in [-0.1, -0.05) is 48.6 Å². The first-order chi connectivity index (χ1) is 10.2. The highest BCUT2D eigenvalue weighted by molar-refractivity contribution is 8.29. The number of carbonyl (C=O) groups excluding carboxylic acids is 1. The van der Waals surface area contributed by atoms with E-state index in [1.54, 1.807) is 24.3 Å². The summed E-state index contributed by atoms with van der Waals surface area (Å²) >= 11 is 0. The van der Waals surface area contributed by atoms with Crippen molar-refractivity contribution in [2.75, 3.05) is 0 Å². The van der Waals surface area contributed by atoms with Crippen LogP contribution < -0.4 is 0 Å². The Labute approximate surface area is 126 Å². The maximum absolute atomic E-state index is 12.2. The Morgan fingerprint density at radius 3 is 2.27 bits per heavy atom. The fourth-order valence-electron chi connectivity index (χ4n) is 2.59. The van der Waals surface area contributed by atoms with Crippen molar-refractivity contribution in [1.82, 2.24) is 0 Å². The molecule has 2 aromatic rings. The molecule has 1 aliphatic carbocycles. The average molecular weight is 338 g/mol. The summed E-state index contributed by atoms with van der Waals surface area (Å²) in [6.07, 6.45) is 2.77. The molecule has 0 saturated heterocycles. The first-order valence-electron chi connectivity index (χ1n) is 6.18. The number of carbonyl (C=O) groups is 1. The molecule has 0 aliphatic heterocycles. The van der Waals surface area contributed by atoms with Crippen molar-refractivity contribution in [3.63, 3.8) is 0 Å². The van der Waals surface area contributed by atoms with Crippen LogP contribution in [0.15, 0.2) is 42.5 Å². The van der Waals surface area contributed by atoms with Crippen LogP contribution in [0.25, 0.3) is 16.8 Å². The summed E-state index contributed by atoms with van der Waals surface area (Å²) in [4.78, 5) is 11.6. The highest BCUT2D eigenvalue weighted by Gasteiger charge is 2.41. The van der Waals surface area contributed by atoms with Gasteiger partial charge in [-0.3, -0.25) is 9.35 Å². The molecule has 0 heterocycles. The molecule has 2 aromatic carbocycles. The highest BCUT2D eigenvalue weighted by atomic mass is 32.3. The van der Waals surface area contributed by atoms with E-state index < -0.39 is 29.7 Å². The third kappa shape index (κ3) is 2.16. The van der Waals surface area contributed by atoms with Gasteiger partial charge < -0.3 is 0 Å². The van der Waals surface area contributed by atoms with Crippen molar-refractivity contribution in [1.29, 1.82) is 0 Å². The van der Waals surface area contributed by atoms with E-state index in [1.807, 2.05) is 6.07 Å². The maximum Gasteiger partial charge on any atom is 0.387 e. The van der Waals surface area contributed by atoms with Crippen LogP contribution in [0.3, 0.4) is 0 Å². The molecule has 1 N–H and O–H groups in total. The third-order valence-corrected chi connectivity index (χ3v) is 6.80. The van der Waals surface area contributed by atoms with Crippen LogP contribution in [0, 0.1) is 0 Å². The van der Waals surface area contributed by atoms with E-state index in [4.69, 9.17) is 4.55 Å². The molecule has 0 fully saturated rings. The molecule has 0 aromatic heterocycles. The second kappa shape index (κ2) is 4.73. The summed E-state index contributed by atoms with van der Waals surface area (Å²) in [5, 5.41) is -0.0245. The van der Waals surface area contributed by atoms with E-state index in [-0.39, 0.29) is 0 Å². The minimum atomic E-state index is -5.32. The molecular formula is C14H10O6S2. The molecule has 1 atom stereocenters. The minimum absolute atomic E-state index is 0.313. The molecule has 0 amide bonds. The second-order valence-electron chi connectivity index (χ2n) is 4.84. The summed E-state index contributed by atoms with van der Waals surface area (Å²) in [5.74, 6) is 0. The van der Waals surface area contributed by atoms with E-state index in [2.05, 4.69) is 0 Å². The second-order valence-corrected chi connectivity index (χ2v) is 8.39. The van der Waals surface area contributed by atoms with Gasteiger partial charge in [-0.15, -0.1) is 0 Å². The lowest BCUT2D eigenvalue weighted by Crippen LogP contribution is -2.27. The maximum atomic E-state index is 12.2. The summed E-state index contributed by atoms with van der Waals surface area (Å²) in [6, 6.07) is 10.3. The Morgan fingerprint density at radius 2 is 1.64 bits per heavy atom. The topological polar surface area (TPSA) is 106 Å². The van der Waals surface area contributed by atoms with Gasteiger partial charge in [0, 0.05) is 0 Å². The Balaban J connectivity index is 2.27. The fourth-order valence-corrected chi connectivity index (χ4v) is 5.10. The van der Waals surface area contributed by atoms with Crippen LogP contribution in [0.4, 0.5) is 4.79 Å². The number of rotatable bonds is 1. The van der Waals surface area contributed by atoms with Gasteiger partial charge in [0.15, 0.2) is 0 Å². The highest BCUT2D eigenvalue weighted by Crippen LogP contribution is 2.38. The molecule has 8 heteroatoms. The molecule has 114 valence electrons. The molecule has 0 saturated carbocycles. The Hall–Kier alpha value is -2.03. The molecule has 22 heavy (non-hydrogen) atoms. The summed E-state index contributed by atoms with van der Waals surface area (Å²) in [6.45, 7) is 0. The molecule has 1 aliphatic rings. The molecule has 0 spiro atoms. The van der Waals surface area contributed by atoms with Crippen molar-refractivity contribution < 1.29 is 26.2 Å². The first-order valence-corrected chi connectivity index (χ1v) is 9.17. The van der Waals surface area contributed by atoms with Gasteiger partial charge in [-0.2, -0.15) is 8.42 Å². The van der Waals surface area contributed by atoms with Crippen molar-refractivity contribution in [3.8, 4) is 0 Å². The zero-order valence-electron chi connectivity index (χ0n) is 11.0. The summed E-state index contributed by atoms with van der Waals surface area (Å²) in [5.41, 5.74) is 1.09. The van der Waals surface area contributed by atoms with Gasteiger partial charge in [0.2, 0.25) is 9.84 Å². The first kappa shape index (κ1) is 14.9. The minimum Gasteiger partial charge on any atom is -0.279 e. The third-order valence-electron chi connectivity index (χ3n) is 3.50. The smallest absolute Gasteiger partial charge is 0.279 e. The van der Waals surface area contributed by atoms with Crippen molar-refractivity contribution >= 4 is 41.3 Å². The largest absolute Gasteiger partial charge is 0.387 e. The lowest BCUT2D eigenvalue weighted by atomic mass is 9.93. The molecule has 3 rings (SSSR count). The molecule has 1 unspecified atom stereocenters. The lowest BCUT2D eigenvalue weighted by Gasteiger charge is -2.20. The fraction of sp³-hybridized carbons (Fsp3) is 0.0714. The van der Waals surface area contributed by atoms with Gasteiger partial charge in [0.25, 0.3) is 0 Å². The van der Waals surface area contributed by atoms with Gasteiger partial charge in [0.1, 0.15) is 5.25 Å². The number of hydrogen-bond donors (Lipinski definition) is 1.